The molecule has 98 valence electrons. The highest BCUT2D eigenvalue weighted by Crippen LogP contribution is 2.30. The van der Waals surface area contributed by atoms with E-state index in [1.165, 1.54) is 0 Å². The average molecular weight is 313 g/mol. The molecule has 0 bridgehead atoms. The Balaban J connectivity index is 2.25. The fraction of sp³-hybridized carbons (Fsp3) is 0.462. The highest BCUT2D eigenvalue weighted by molar-refractivity contribution is 9.10. The van der Waals surface area contributed by atoms with Crippen molar-refractivity contribution >= 4 is 27.6 Å². The summed E-state index contributed by atoms with van der Waals surface area (Å²) in [7, 11) is 1.96. The fourth-order valence-corrected chi connectivity index (χ4v) is 2.85. The number of halogens is 1. The van der Waals surface area contributed by atoms with E-state index in [-0.39, 0.29) is 6.04 Å². The Labute approximate surface area is 115 Å². The van der Waals surface area contributed by atoms with Crippen LogP contribution in [0.4, 0.5) is 5.69 Å². The van der Waals surface area contributed by atoms with Crippen molar-refractivity contribution in [3.05, 3.63) is 28.7 Å². The molecule has 1 aromatic rings. The maximum atomic E-state index is 11.6. The molecule has 1 aliphatic heterocycles. The number of benzene rings is 1. The van der Waals surface area contributed by atoms with Crippen molar-refractivity contribution in [3.8, 4) is 0 Å². The molecule has 2 atom stereocenters. The SMILES string of the molecule is CC1CC(Nc2cccc(Br)c2)(C(=O)O)CN1C. The summed E-state index contributed by atoms with van der Waals surface area (Å²) >= 11 is 3.39. The highest BCUT2D eigenvalue weighted by Gasteiger charge is 2.47. The summed E-state index contributed by atoms with van der Waals surface area (Å²) in [6.45, 7) is 2.56. The van der Waals surface area contributed by atoms with Crippen LogP contribution in [0.3, 0.4) is 0 Å². The van der Waals surface area contributed by atoms with Gasteiger partial charge in [0.05, 0.1) is 0 Å². The normalized spacial score (nSPS) is 28.3. The number of carbonyl (C=O) groups is 1. The van der Waals surface area contributed by atoms with E-state index < -0.39 is 11.5 Å². The average Bonchev–Trinajstić information content (AvgIpc) is 2.55. The summed E-state index contributed by atoms with van der Waals surface area (Å²) in [4.78, 5) is 13.7. The molecule has 1 aromatic carbocycles. The lowest BCUT2D eigenvalue weighted by Crippen LogP contribution is -2.48. The highest BCUT2D eigenvalue weighted by atomic mass is 79.9. The van der Waals surface area contributed by atoms with Crippen molar-refractivity contribution in [1.82, 2.24) is 4.90 Å². The third-order valence-electron chi connectivity index (χ3n) is 3.53. The Morgan fingerprint density at radius 3 is 2.83 bits per heavy atom. The van der Waals surface area contributed by atoms with E-state index in [1.54, 1.807) is 0 Å². The molecule has 1 aliphatic rings. The molecule has 1 heterocycles. The Morgan fingerprint density at radius 2 is 2.33 bits per heavy atom. The third kappa shape index (κ3) is 2.52. The minimum atomic E-state index is -0.894. The van der Waals surface area contributed by atoms with Gasteiger partial charge in [0.1, 0.15) is 5.54 Å². The monoisotopic (exact) mass is 312 g/mol. The number of aliphatic carboxylic acids is 1. The number of hydrogen-bond acceptors (Lipinski definition) is 3. The van der Waals surface area contributed by atoms with Crippen molar-refractivity contribution in [2.45, 2.75) is 24.9 Å². The molecule has 0 aromatic heterocycles. The van der Waals surface area contributed by atoms with Crippen LogP contribution in [0, 0.1) is 0 Å². The molecule has 2 rings (SSSR count). The van der Waals surface area contributed by atoms with E-state index in [0.29, 0.717) is 13.0 Å². The van der Waals surface area contributed by atoms with Crippen LogP contribution in [0.15, 0.2) is 28.7 Å². The summed E-state index contributed by atoms with van der Waals surface area (Å²) in [6, 6.07) is 7.86. The Hall–Kier alpha value is -1.07. The molecule has 4 nitrogen and oxygen atoms in total. The Bertz CT molecular complexity index is 454. The summed E-state index contributed by atoms with van der Waals surface area (Å²) in [5.41, 5.74) is -0.0659. The van der Waals surface area contributed by atoms with Gasteiger partial charge in [0.25, 0.3) is 0 Å². The van der Waals surface area contributed by atoms with Gasteiger partial charge < -0.3 is 15.3 Å². The molecule has 0 amide bonds. The third-order valence-corrected chi connectivity index (χ3v) is 4.03. The second kappa shape index (κ2) is 4.90. The first kappa shape index (κ1) is 13.4. The first-order chi connectivity index (χ1) is 8.43. The lowest BCUT2D eigenvalue weighted by atomic mass is 9.96. The largest absolute Gasteiger partial charge is 0.479 e. The summed E-state index contributed by atoms with van der Waals surface area (Å²) in [6.07, 6.45) is 0.603. The van der Waals surface area contributed by atoms with E-state index in [4.69, 9.17) is 0 Å². The Morgan fingerprint density at radius 1 is 1.61 bits per heavy atom. The quantitative estimate of drug-likeness (QED) is 0.900. The number of carboxylic acid groups (broad SMARTS) is 1. The Kier molecular flexibility index (Phi) is 3.64. The zero-order valence-electron chi connectivity index (χ0n) is 10.5. The minimum absolute atomic E-state index is 0.265. The van der Waals surface area contributed by atoms with Crippen LogP contribution in [0.25, 0.3) is 0 Å². The second-order valence-corrected chi connectivity index (χ2v) is 5.91. The number of nitrogens with one attached hydrogen (secondary N) is 1. The number of anilines is 1. The van der Waals surface area contributed by atoms with Gasteiger partial charge in [-0.25, -0.2) is 4.79 Å². The van der Waals surface area contributed by atoms with E-state index in [0.717, 1.165) is 10.2 Å². The van der Waals surface area contributed by atoms with E-state index in [9.17, 15) is 9.90 Å². The molecule has 0 radical (unpaired) electrons. The maximum Gasteiger partial charge on any atom is 0.330 e. The number of likely N-dealkylation sites (N-methyl/N-ethyl adjacent to an activating group) is 1. The molecule has 0 saturated carbocycles. The van der Waals surface area contributed by atoms with Crippen LogP contribution in [0.2, 0.25) is 0 Å². The van der Waals surface area contributed by atoms with Crippen LogP contribution in [0.1, 0.15) is 13.3 Å². The topological polar surface area (TPSA) is 52.6 Å². The van der Waals surface area contributed by atoms with Crippen molar-refractivity contribution in [2.24, 2.45) is 0 Å². The van der Waals surface area contributed by atoms with Gasteiger partial charge in [-0.1, -0.05) is 22.0 Å². The lowest BCUT2D eigenvalue weighted by molar-refractivity contribution is -0.141. The van der Waals surface area contributed by atoms with Crippen molar-refractivity contribution in [1.29, 1.82) is 0 Å². The molecular formula is C13H17BrN2O2. The predicted octanol–water partition coefficient (Wildman–Crippen LogP) is 2.41. The number of carboxylic acids is 1. The zero-order valence-corrected chi connectivity index (χ0v) is 12.1. The van der Waals surface area contributed by atoms with E-state index >= 15 is 0 Å². The fourth-order valence-electron chi connectivity index (χ4n) is 2.45. The first-order valence-corrected chi connectivity index (χ1v) is 6.70. The molecule has 5 heteroatoms. The van der Waals surface area contributed by atoms with Crippen molar-refractivity contribution in [2.75, 3.05) is 18.9 Å². The zero-order chi connectivity index (χ0) is 13.3. The van der Waals surface area contributed by atoms with Crippen LogP contribution in [-0.4, -0.2) is 41.1 Å². The summed E-state index contributed by atoms with van der Waals surface area (Å²) < 4.78 is 0.937. The van der Waals surface area contributed by atoms with Crippen molar-refractivity contribution < 1.29 is 9.90 Å². The van der Waals surface area contributed by atoms with Gasteiger partial charge in [-0.05, 0) is 38.6 Å². The first-order valence-electron chi connectivity index (χ1n) is 5.90. The molecule has 1 fully saturated rings. The van der Waals surface area contributed by atoms with Gasteiger partial charge in [0.15, 0.2) is 0 Å². The lowest BCUT2D eigenvalue weighted by Gasteiger charge is -2.26. The summed E-state index contributed by atoms with van der Waals surface area (Å²) in [5, 5.41) is 12.7. The van der Waals surface area contributed by atoms with Crippen LogP contribution < -0.4 is 5.32 Å². The van der Waals surface area contributed by atoms with Gasteiger partial charge in [-0.3, -0.25) is 0 Å². The smallest absolute Gasteiger partial charge is 0.330 e. The molecule has 18 heavy (non-hydrogen) atoms. The molecule has 2 unspecified atom stereocenters. The minimum Gasteiger partial charge on any atom is -0.479 e. The van der Waals surface area contributed by atoms with Gasteiger partial charge in [0, 0.05) is 22.7 Å². The van der Waals surface area contributed by atoms with Crippen LogP contribution >= 0.6 is 15.9 Å². The van der Waals surface area contributed by atoms with Gasteiger partial charge in [-0.15, -0.1) is 0 Å². The van der Waals surface area contributed by atoms with Gasteiger partial charge >= 0.3 is 5.97 Å². The van der Waals surface area contributed by atoms with E-state index in [2.05, 4.69) is 26.1 Å². The molecule has 2 N–H and O–H groups in total. The van der Waals surface area contributed by atoms with Crippen molar-refractivity contribution in [3.63, 3.8) is 0 Å². The van der Waals surface area contributed by atoms with Crippen LogP contribution in [-0.2, 0) is 4.79 Å². The maximum absolute atomic E-state index is 11.6. The number of likely N-dealkylation sites (tertiary alicyclic amines) is 1. The number of nitrogens with zero attached hydrogens (tertiary/aromatic N) is 1. The second-order valence-electron chi connectivity index (χ2n) is 4.99. The number of hydrogen-bond donors (Lipinski definition) is 2. The predicted molar refractivity (Wildman–Crippen MR) is 74.8 cm³/mol. The molecular weight excluding hydrogens is 296 g/mol. The number of rotatable bonds is 3. The molecule has 0 aliphatic carbocycles. The van der Waals surface area contributed by atoms with Gasteiger partial charge in [-0.2, -0.15) is 0 Å². The summed E-state index contributed by atoms with van der Waals surface area (Å²) in [5.74, 6) is -0.793. The van der Waals surface area contributed by atoms with Gasteiger partial charge in [0.2, 0.25) is 0 Å². The molecule has 0 spiro atoms. The van der Waals surface area contributed by atoms with E-state index in [1.807, 2.05) is 38.2 Å². The standard InChI is InChI=1S/C13H17BrN2O2/c1-9-7-13(12(17)18,8-16(9)2)15-11-5-3-4-10(14)6-11/h3-6,9,15H,7-8H2,1-2H3,(H,17,18). The molecule has 1 saturated heterocycles. The van der Waals surface area contributed by atoms with Crippen LogP contribution in [0.5, 0.6) is 0 Å².